The molecule has 0 amide bonds. The van der Waals surface area contributed by atoms with Gasteiger partial charge in [0.05, 0.1) is 5.56 Å². The molecule has 0 aromatic heterocycles. The van der Waals surface area contributed by atoms with Crippen molar-refractivity contribution in [2.45, 2.75) is 26.4 Å². The minimum absolute atomic E-state index is 0.351. The Balaban J connectivity index is 2.14. The van der Waals surface area contributed by atoms with Gasteiger partial charge in [-0.05, 0) is 51.1 Å². The topological polar surface area (TPSA) is 35.5 Å². The summed E-state index contributed by atoms with van der Waals surface area (Å²) in [5, 5.41) is 0. The Bertz CT molecular complexity index is 583. The summed E-state index contributed by atoms with van der Waals surface area (Å²) in [6.07, 6.45) is 0. The summed E-state index contributed by atoms with van der Waals surface area (Å²) in [5.41, 5.74) is -0.0266. The SMILES string of the molecule is CC(C)(C)OC(=O)c1cccc(Oc2ccccc2)c1. The summed E-state index contributed by atoms with van der Waals surface area (Å²) in [7, 11) is 0. The number of esters is 1. The highest BCUT2D eigenvalue weighted by molar-refractivity contribution is 5.90. The smallest absolute Gasteiger partial charge is 0.338 e. The van der Waals surface area contributed by atoms with Gasteiger partial charge in [0.1, 0.15) is 17.1 Å². The van der Waals surface area contributed by atoms with Gasteiger partial charge in [-0.25, -0.2) is 4.79 Å². The molecule has 3 nitrogen and oxygen atoms in total. The van der Waals surface area contributed by atoms with Crippen LogP contribution in [0.3, 0.4) is 0 Å². The highest BCUT2D eigenvalue weighted by Crippen LogP contribution is 2.22. The van der Waals surface area contributed by atoms with E-state index >= 15 is 0 Å². The van der Waals surface area contributed by atoms with E-state index in [9.17, 15) is 4.79 Å². The molecule has 104 valence electrons. The summed E-state index contributed by atoms with van der Waals surface area (Å²) in [6, 6.07) is 16.4. The third-order valence-corrected chi connectivity index (χ3v) is 2.45. The fourth-order valence-electron chi connectivity index (χ4n) is 1.65. The lowest BCUT2D eigenvalue weighted by molar-refractivity contribution is 0.00692. The van der Waals surface area contributed by atoms with Crippen molar-refractivity contribution in [1.29, 1.82) is 0 Å². The van der Waals surface area contributed by atoms with Crippen LogP contribution in [0, 0.1) is 0 Å². The summed E-state index contributed by atoms with van der Waals surface area (Å²) >= 11 is 0. The number of carbonyl (C=O) groups excluding carboxylic acids is 1. The molecule has 20 heavy (non-hydrogen) atoms. The van der Waals surface area contributed by atoms with Gasteiger partial charge in [0, 0.05) is 0 Å². The maximum absolute atomic E-state index is 12.0. The average Bonchev–Trinajstić information content (AvgIpc) is 2.38. The van der Waals surface area contributed by atoms with Crippen molar-refractivity contribution in [1.82, 2.24) is 0 Å². The predicted octanol–water partition coefficient (Wildman–Crippen LogP) is 4.43. The molecule has 2 aromatic rings. The van der Waals surface area contributed by atoms with E-state index in [0.717, 1.165) is 5.75 Å². The first kappa shape index (κ1) is 14.1. The van der Waals surface area contributed by atoms with Crippen molar-refractivity contribution in [3.63, 3.8) is 0 Å². The van der Waals surface area contributed by atoms with Crippen molar-refractivity contribution in [3.8, 4) is 11.5 Å². The molecule has 0 radical (unpaired) electrons. The van der Waals surface area contributed by atoms with Crippen LogP contribution >= 0.6 is 0 Å². The van der Waals surface area contributed by atoms with Gasteiger partial charge in [-0.15, -0.1) is 0 Å². The first-order valence-corrected chi connectivity index (χ1v) is 6.50. The van der Waals surface area contributed by atoms with E-state index in [2.05, 4.69) is 0 Å². The van der Waals surface area contributed by atoms with Gasteiger partial charge in [-0.2, -0.15) is 0 Å². The van der Waals surface area contributed by atoms with Crippen LogP contribution in [0.25, 0.3) is 0 Å². The molecule has 0 heterocycles. The lowest BCUT2D eigenvalue weighted by Gasteiger charge is -2.19. The highest BCUT2D eigenvalue weighted by atomic mass is 16.6. The van der Waals surface area contributed by atoms with E-state index in [4.69, 9.17) is 9.47 Å². The molecule has 3 heteroatoms. The van der Waals surface area contributed by atoms with E-state index in [0.29, 0.717) is 11.3 Å². The standard InChI is InChI=1S/C17H18O3/c1-17(2,3)20-16(18)13-8-7-11-15(12-13)19-14-9-5-4-6-10-14/h4-12H,1-3H3. The number of rotatable bonds is 3. The van der Waals surface area contributed by atoms with Crippen molar-refractivity contribution in [2.24, 2.45) is 0 Å². The Hall–Kier alpha value is -2.29. The second-order valence-corrected chi connectivity index (χ2v) is 5.44. The highest BCUT2D eigenvalue weighted by Gasteiger charge is 2.18. The van der Waals surface area contributed by atoms with Gasteiger partial charge in [0.2, 0.25) is 0 Å². The summed E-state index contributed by atoms with van der Waals surface area (Å²) in [5.74, 6) is 0.990. The van der Waals surface area contributed by atoms with Gasteiger partial charge >= 0.3 is 5.97 Å². The number of hydrogen-bond acceptors (Lipinski definition) is 3. The van der Waals surface area contributed by atoms with Gasteiger partial charge in [0.25, 0.3) is 0 Å². The number of hydrogen-bond donors (Lipinski definition) is 0. The molecule has 0 saturated heterocycles. The number of para-hydroxylation sites is 1. The fourth-order valence-corrected chi connectivity index (χ4v) is 1.65. The second kappa shape index (κ2) is 5.78. The van der Waals surface area contributed by atoms with Crippen LogP contribution in [0.1, 0.15) is 31.1 Å². The van der Waals surface area contributed by atoms with Crippen molar-refractivity contribution in [3.05, 3.63) is 60.2 Å². The third kappa shape index (κ3) is 4.12. The van der Waals surface area contributed by atoms with Crippen LogP contribution in [-0.2, 0) is 4.74 Å². The van der Waals surface area contributed by atoms with Gasteiger partial charge in [-0.1, -0.05) is 24.3 Å². The summed E-state index contributed by atoms with van der Waals surface area (Å²) < 4.78 is 11.0. The second-order valence-electron chi connectivity index (χ2n) is 5.44. The maximum Gasteiger partial charge on any atom is 0.338 e. The number of carbonyl (C=O) groups is 1. The molecule has 0 fully saturated rings. The molecule has 0 aliphatic heterocycles. The first-order chi connectivity index (χ1) is 9.44. The van der Waals surface area contributed by atoms with Crippen molar-refractivity contribution >= 4 is 5.97 Å². The molecule has 0 aliphatic rings. The van der Waals surface area contributed by atoms with Crippen LogP contribution in [0.5, 0.6) is 11.5 Å². The Kier molecular flexibility index (Phi) is 4.08. The Morgan fingerprint density at radius 3 is 2.20 bits per heavy atom. The number of benzene rings is 2. The largest absolute Gasteiger partial charge is 0.457 e. The zero-order valence-electron chi connectivity index (χ0n) is 11.9. The summed E-state index contributed by atoms with van der Waals surface area (Å²) in [6.45, 7) is 5.53. The first-order valence-electron chi connectivity index (χ1n) is 6.50. The van der Waals surface area contributed by atoms with Crippen LogP contribution < -0.4 is 4.74 Å². The quantitative estimate of drug-likeness (QED) is 0.774. The third-order valence-electron chi connectivity index (χ3n) is 2.45. The fraction of sp³-hybridized carbons (Fsp3) is 0.235. The van der Waals surface area contributed by atoms with Crippen LogP contribution in [0.15, 0.2) is 54.6 Å². The van der Waals surface area contributed by atoms with Crippen molar-refractivity contribution in [2.75, 3.05) is 0 Å². The monoisotopic (exact) mass is 270 g/mol. The van der Waals surface area contributed by atoms with E-state index in [1.807, 2.05) is 51.1 Å². The van der Waals surface area contributed by atoms with E-state index < -0.39 is 5.60 Å². The average molecular weight is 270 g/mol. The zero-order valence-corrected chi connectivity index (χ0v) is 11.9. The van der Waals surface area contributed by atoms with Gasteiger partial charge < -0.3 is 9.47 Å². The van der Waals surface area contributed by atoms with E-state index in [1.165, 1.54) is 0 Å². The molecule has 0 spiro atoms. The van der Waals surface area contributed by atoms with Crippen LogP contribution in [0.2, 0.25) is 0 Å². The Morgan fingerprint density at radius 1 is 0.900 bits per heavy atom. The maximum atomic E-state index is 12.0. The minimum Gasteiger partial charge on any atom is -0.457 e. The van der Waals surface area contributed by atoms with E-state index in [-0.39, 0.29) is 5.97 Å². The lowest BCUT2D eigenvalue weighted by atomic mass is 10.1. The van der Waals surface area contributed by atoms with Crippen LogP contribution in [-0.4, -0.2) is 11.6 Å². The molecule has 2 aromatic carbocycles. The Labute approximate surface area is 119 Å². The van der Waals surface area contributed by atoms with E-state index in [1.54, 1.807) is 24.3 Å². The molecule has 0 N–H and O–H groups in total. The minimum atomic E-state index is -0.507. The molecule has 0 bridgehead atoms. The van der Waals surface area contributed by atoms with Gasteiger partial charge in [0.15, 0.2) is 0 Å². The van der Waals surface area contributed by atoms with Crippen molar-refractivity contribution < 1.29 is 14.3 Å². The zero-order chi connectivity index (χ0) is 14.6. The van der Waals surface area contributed by atoms with Gasteiger partial charge in [-0.3, -0.25) is 0 Å². The molecule has 0 saturated carbocycles. The molecule has 0 aliphatic carbocycles. The lowest BCUT2D eigenvalue weighted by Crippen LogP contribution is -2.23. The molecular formula is C17H18O3. The number of ether oxygens (including phenoxy) is 2. The van der Waals surface area contributed by atoms with Crippen LogP contribution in [0.4, 0.5) is 0 Å². The molecule has 2 rings (SSSR count). The molecule has 0 atom stereocenters. The molecule has 0 unspecified atom stereocenters. The normalized spacial score (nSPS) is 10.9. The summed E-state index contributed by atoms with van der Waals surface area (Å²) in [4.78, 5) is 12.0. The molecular weight excluding hydrogens is 252 g/mol. The Morgan fingerprint density at radius 2 is 1.55 bits per heavy atom. The predicted molar refractivity (Wildman–Crippen MR) is 78.1 cm³/mol.